The Morgan fingerprint density at radius 3 is 2.32 bits per heavy atom. The second-order valence-corrected chi connectivity index (χ2v) is 5.38. The molecule has 0 unspecified atom stereocenters. The highest BCUT2D eigenvalue weighted by Gasteiger charge is 2.13. The highest BCUT2D eigenvalue weighted by molar-refractivity contribution is 6.03. The van der Waals surface area contributed by atoms with Gasteiger partial charge in [-0.2, -0.15) is 0 Å². The Bertz CT molecular complexity index is 909. The molecule has 0 atom stereocenters. The summed E-state index contributed by atoms with van der Waals surface area (Å²) in [5.41, 5.74) is 4.06. The number of carbonyl (C=O) groups excluding carboxylic acids is 1. The number of hydrogen-bond acceptors (Lipinski definition) is 2. The lowest BCUT2D eigenvalue weighted by Crippen LogP contribution is -2.11. The summed E-state index contributed by atoms with van der Waals surface area (Å²) in [6, 6.07) is 13.4. The predicted molar refractivity (Wildman–Crippen MR) is 89.2 cm³/mol. The van der Waals surface area contributed by atoms with Gasteiger partial charge in [0.25, 0.3) is 5.56 Å². The summed E-state index contributed by atoms with van der Waals surface area (Å²) in [5.74, 6) is 0. The van der Waals surface area contributed by atoms with Gasteiger partial charge in [0.1, 0.15) is 0 Å². The summed E-state index contributed by atoms with van der Waals surface area (Å²) in [4.78, 5) is 26.3. The Morgan fingerprint density at radius 2 is 1.64 bits per heavy atom. The molecule has 1 aromatic heterocycles. The first-order chi connectivity index (χ1) is 10.6. The molecule has 0 fully saturated rings. The molecule has 0 saturated heterocycles. The monoisotopic (exact) mass is 292 g/mol. The van der Waals surface area contributed by atoms with Crippen LogP contribution in [0, 0.1) is 13.8 Å². The van der Waals surface area contributed by atoms with E-state index in [0.717, 1.165) is 22.1 Å². The molecular weight excluding hydrogens is 276 g/mol. The molecule has 1 heterocycles. The van der Waals surface area contributed by atoms with Gasteiger partial charge in [-0.1, -0.05) is 47.5 Å². The third-order valence-corrected chi connectivity index (χ3v) is 3.72. The van der Waals surface area contributed by atoms with E-state index in [4.69, 9.17) is 0 Å². The molecule has 2 N–H and O–H groups in total. The molecule has 3 aromatic rings. The van der Waals surface area contributed by atoms with E-state index in [9.17, 15) is 9.59 Å². The summed E-state index contributed by atoms with van der Waals surface area (Å²) in [6.45, 7) is 3.93. The average Bonchev–Trinajstić information content (AvgIpc) is 2.51. The van der Waals surface area contributed by atoms with E-state index in [1.165, 1.54) is 0 Å². The minimum absolute atomic E-state index is 0.161. The number of aromatic nitrogens is 1. The maximum Gasteiger partial charge on any atom is 0.256 e. The summed E-state index contributed by atoms with van der Waals surface area (Å²) in [5, 5.41) is 4.03. The van der Waals surface area contributed by atoms with Gasteiger partial charge >= 0.3 is 0 Å². The number of fused-ring (bicyclic) bond motifs is 1. The van der Waals surface area contributed by atoms with Crippen molar-refractivity contribution in [3.05, 3.63) is 63.9 Å². The molecule has 3 rings (SSSR count). The molecule has 4 heteroatoms. The summed E-state index contributed by atoms with van der Waals surface area (Å²) in [7, 11) is 0. The first kappa shape index (κ1) is 14.1. The Morgan fingerprint density at radius 1 is 0.955 bits per heavy atom. The highest BCUT2D eigenvalue weighted by atomic mass is 16.1. The number of benzene rings is 2. The third-order valence-electron chi connectivity index (χ3n) is 3.72. The molecule has 1 amide bonds. The van der Waals surface area contributed by atoms with Crippen molar-refractivity contribution in [2.45, 2.75) is 13.8 Å². The van der Waals surface area contributed by atoms with Gasteiger partial charge in [0.2, 0.25) is 6.41 Å². The fourth-order valence-corrected chi connectivity index (χ4v) is 2.59. The molecule has 0 aliphatic heterocycles. The van der Waals surface area contributed by atoms with E-state index < -0.39 is 0 Å². The third kappa shape index (κ3) is 2.39. The Labute approximate surface area is 127 Å². The number of H-pyrrole nitrogens is 1. The number of nitrogens with one attached hydrogen (secondary N) is 2. The maximum atomic E-state index is 12.4. The van der Waals surface area contributed by atoms with Gasteiger partial charge in [0.05, 0.1) is 11.4 Å². The number of aryl methyl sites for hydroxylation is 2. The summed E-state index contributed by atoms with van der Waals surface area (Å²) in [6.07, 6.45) is 0.630. The van der Waals surface area contributed by atoms with Crippen LogP contribution in [-0.2, 0) is 4.79 Å². The Balaban J connectivity index is 2.36. The normalized spacial score (nSPS) is 10.6. The molecule has 0 aliphatic rings. The van der Waals surface area contributed by atoms with Crippen LogP contribution in [0.2, 0.25) is 0 Å². The number of aromatic amines is 1. The van der Waals surface area contributed by atoms with E-state index in [0.29, 0.717) is 23.2 Å². The minimum atomic E-state index is -0.161. The first-order valence-electron chi connectivity index (χ1n) is 7.04. The van der Waals surface area contributed by atoms with E-state index in [1.807, 2.05) is 56.3 Å². The van der Waals surface area contributed by atoms with Gasteiger partial charge in [0, 0.05) is 16.3 Å². The second kappa shape index (κ2) is 5.48. The van der Waals surface area contributed by atoms with Crippen LogP contribution in [-0.4, -0.2) is 11.4 Å². The zero-order valence-electron chi connectivity index (χ0n) is 12.4. The molecule has 110 valence electrons. The van der Waals surface area contributed by atoms with Crippen LogP contribution < -0.4 is 10.9 Å². The van der Waals surface area contributed by atoms with Crippen molar-refractivity contribution in [3.8, 4) is 11.3 Å². The maximum absolute atomic E-state index is 12.4. The van der Waals surface area contributed by atoms with Crippen molar-refractivity contribution in [1.82, 2.24) is 4.98 Å². The highest BCUT2D eigenvalue weighted by Crippen LogP contribution is 2.31. The molecule has 0 aliphatic carbocycles. The molecular formula is C18H16N2O2. The fourth-order valence-electron chi connectivity index (χ4n) is 2.59. The zero-order chi connectivity index (χ0) is 15.7. The van der Waals surface area contributed by atoms with Crippen LogP contribution in [0.3, 0.4) is 0 Å². The number of hydrogen-bond donors (Lipinski definition) is 2. The van der Waals surface area contributed by atoms with Gasteiger partial charge < -0.3 is 10.3 Å². The summed E-state index contributed by atoms with van der Waals surface area (Å²) >= 11 is 0. The van der Waals surface area contributed by atoms with Crippen LogP contribution >= 0.6 is 0 Å². The van der Waals surface area contributed by atoms with Crippen LogP contribution in [0.25, 0.3) is 22.0 Å². The lowest BCUT2D eigenvalue weighted by Gasteiger charge is -2.12. The first-order valence-corrected chi connectivity index (χ1v) is 7.04. The second-order valence-electron chi connectivity index (χ2n) is 5.38. The molecule has 4 nitrogen and oxygen atoms in total. The van der Waals surface area contributed by atoms with Crippen molar-refractivity contribution < 1.29 is 4.79 Å². The quantitative estimate of drug-likeness (QED) is 0.727. The fraction of sp³-hybridized carbons (Fsp3) is 0.111. The lowest BCUT2D eigenvalue weighted by atomic mass is 10.0. The van der Waals surface area contributed by atoms with Gasteiger partial charge in [0.15, 0.2) is 0 Å². The van der Waals surface area contributed by atoms with E-state index in [1.54, 1.807) is 0 Å². The van der Waals surface area contributed by atoms with Crippen molar-refractivity contribution in [2.24, 2.45) is 0 Å². The van der Waals surface area contributed by atoms with Crippen molar-refractivity contribution in [2.75, 3.05) is 5.32 Å². The van der Waals surface area contributed by atoms with Crippen molar-refractivity contribution in [3.63, 3.8) is 0 Å². The van der Waals surface area contributed by atoms with Crippen LogP contribution in [0.4, 0.5) is 5.69 Å². The van der Waals surface area contributed by atoms with E-state index >= 15 is 0 Å². The topological polar surface area (TPSA) is 62.0 Å². The molecule has 0 saturated carbocycles. The zero-order valence-corrected chi connectivity index (χ0v) is 12.4. The molecule has 0 bridgehead atoms. The number of rotatable bonds is 3. The number of amides is 1. The van der Waals surface area contributed by atoms with Gasteiger partial charge in [-0.05, 0) is 19.9 Å². The van der Waals surface area contributed by atoms with Gasteiger partial charge in [-0.3, -0.25) is 9.59 Å². The van der Waals surface area contributed by atoms with E-state index in [2.05, 4.69) is 10.3 Å². The predicted octanol–water partition coefficient (Wildman–Crippen LogP) is 3.38. The lowest BCUT2D eigenvalue weighted by molar-refractivity contribution is -0.105. The minimum Gasteiger partial charge on any atom is -0.326 e. The number of pyridine rings is 1. The molecule has 22 heavy (non-hydrogen) atoms. The largest absolute Gasteiger partial charge is 0.326 e. The van der Waals surface area contributed by atoms with Crippen molar-refractivity contribution in [1.29, 1.82) is 0 Å². The van der Waals surface area contributed by atoms with Crippen molar-refractivity contribution >= 4 is 22.9 Å². The number of carbonyl (C=O) groups is 1. The van der Waals surface area contributed by atoms with Gasteiger partial charge in [-0.25, -0.2) is 0 Å². The van der Waals surface area contributed by atoms with Gasteiger partial charge in [-0.15, -0.1) is 0 Å². The average molecular weight is 292 g/mol. The Kier molecular flexibility index (Phi) is 3.51. The van der Waals surface area contributed by atoms with Crippen LogP contribution in [0.1, 0.15) is 11.1 Å². The van der Waals surface area contributed by atoms with E-state index in [-0.39, 0.29) is 5.56 Å². The van der Waals surface area contributed by atoms with Crippen LogP contribution in [0.15, 0.2) is 47.3 Å². The number of anilines is 1. The smallest absolute Gasteiger partial charge is 0.256 e. The molecule has 0 radical (unpaired) electrons. The Hall–Kier alpha value is -2.88. The van der Waals surface area contributed by atoms with Crippen LogP contribution in [0.5, 0.6) is 0 Å². The molecule has 2 aromatic carbocycles. The SMILES string of the molecule is Cc1ccc(-c2[nH]c(=O)c3cc(C)ccc3c2NC=O)cc1. The summed E-state index contributed by atoms with van der Waals surface area (Å²) < 4.78 is 0. The standard InChI is InChI=1S/C18H16N2O2/c1-11-3-6-13(7-4-11)16-17(19-10-21)14-8-5-12(2)9-15(14)18(22)20-16/h3-10H,1-2H3,(H,19,21)(H,20,22). The molecule has 0 spiro atoms.